The van der Waals surface area contributed by atoms with Gasteiger partial charge in [0.2, 0.25) is 0 Å². The van der Waals surface area contributed by atoms with Crippen molar-refractivity contribution in [2.24, 2.45) is 0 Å². The number of anilines is 2. The number of aromatic nitrogens is 1. The van der Waals surface area contributed by atoms with Gasteiger partial charge in [-0.2, -0.15) is 13.2 Å². The van der Waals surface area contributed by atoms with Crippen molar-refractivity contribution in [3.8, 4) is 0 Å². The second-order valence-electron chi connectivity index (χ2n) is 6.04. The maximum absolute atomic E-state index is 12.6. The Bertz CT molecular complexity index is 730. The van der Waals surface area contributed by atoms with Crippen molar-refractivity contribution in [3.63, 3.8) is 0 Å². The van der Waals surface area contributed by atoms with Crippen LogP contribution >= 0.6 is 0 Å². The Balaban J connectivity index is 1.96. The van der Waals surface area contributed by atoms with Crippen molar-refractivity contribution >= 4 is 17.3 Å². The molecular weight excluding hydrogens is 345 g/mol. The molecule has 2 aromatic rings. The summed E-state index contributed by atoms with van der Waals surface area (Å²) in [5, 5.41) is 5.75. The summed E-state index contributed by atoms with van der Waals surface area (Å²) in [6, 6.07) is 7.63. The molecule has 0 saturated carbocycles. The first-order valence-electron chi connectivity index (χ1n) is 8.09. The Morgan fingerprint density at radius 3 is 2.42 bits per heavy atom. The molecule has 0 bridgehead atoms. The van der Waals surface area contributed by atoms with E-state index in [1.807, 2.05) is 14.1 Å². The summed E-state index contributed by atoms with van der Waals surface area (Å²) in [5.74, 6) is -0.485. The van der Waals surface area contributed by atoms with Crippen LogP contribution < -0.4 is 10.6 Å². The third-order valence-electron chi connectivity index (χ3n) is 3.57. The van der Waals surface area contributed by atoms with Crippen LogP contribution in [0.4, 0.5) is 24.5 Å². The molecule has 1 aromatic heterocycles. The molecule has 1 aromatic carbocycles. The lowest BCUT2D eigenvalue weighted by molar-refractivity contribution is -0.137. The molecule has 26 heavy (non-hydrogen) atoms. The molecule has 0 aliphatic rings. The number of hydrogen-bond acceptors (Lipinski definition) is 4. The predicted octanol–water partition coefficient (Wildman–Crippen LogP) is 3.72. The lowest BCUT2D eigenvalue weighted by Crippen LogP contribution is -2.17. The maximum Gasteiger partial charge on any atom is 0.416 e. The van der Waals surface area contributed by atoms with E-state index in [1.54, 1.807) is 12.1 Å². The SMILES string of the molecule is CN(C)CCCNc1ccnc(C(=O)Nc2ccc(C(F)(F)F)cc2)c1. The van der Waals surface area contributed by atoms with Crippen molar-refractivity contribution in [1.82, 2.24) is 9.88 Å². The van der Waals surface area contributed by atoms with E-state index in [4.69, 9.17) is 0 Å². The largest absolute Gasteiger partial charge is 0.416 e. The fourth-order valence-electron chi connectivity index (χ4n) is 2.23. The van der Waals surface area contributed by atoms with Gasteiger partial charge in [-0.3, -0.25) is 9.78 Å². The van der Waals surface area contributed by atoms with E-state index in [9.17, 15) is 18.0 Å². The van der Waals surface area contributed by atoms with Gasteiger partial charge < -0.3 is 15.5 Å². The maximum atomic E-state index is 12.6. The van der Waals surface area contributed by atoms with Crippen LogP contribution in [0.2, 0.25) is 0 Å². The molecule has 0 spiro atoms. The highest BCUT2D eigenvalue weighted by molar-refractivity contribution is 6.03. The van der Waals surface area contributed by atoms with Gasteiger partial charge in [-0.15, -0.1) is 0 Å². The van der Waals surface area contributed by atoms with Crippen LogP contribution in [0, 0.1) is 0 Å². The fraction of sp³-hybridized carbons (Fsp3) is 0.333. The van der Waals surface area contributed by atoms with Crippen LogP contribution in [0.3, 0.4) is 0 Å². The van der Waals surface area contributed by atoms with Gasteiger partial charge in [0.15, 0.2) is 0 Å². The van der Waals surface area contributed by atoms with E-state index in [2.05, 4.69) is 20.5 Å². The van der Waals surface area contributed by atoms with E-state index >= 15 is 0 Å². The molecule has 0 atom stereocenters. The van der Waals surface area contributed by atoms with Gasteiger partial charge in [-0.05, 0) is 63.5 Å². The molecule has 0 fully saturated rings. The van der Waals surface area contributed by atoms with Gasteiger partial charge in [-0.1, -0.05) is 0 Å². The second-order valence-corrected chi connectivity index (χ2v) is 6.04. The summed E-state index contributed by atoms with van der Waals surface area (Å²) in [6.45, 7) is 1.70. The Labute approximate surface area is 150 Å². The molecule has 2 rings (SSSR count). The molecule has 0 radical (unpaired) electrons. The minimum Gasteiger partial charge on any atom is -0.385 e. The third kappa shape index (κ3) is 6.03. The van der Waals surface area contributed by atoms with Gasteiger partial charge in [0.25, 0.3) is 5.91 Å². The number of carbonyl (C=O) groups is 1. The van der Waals surface area contributed by atoms with Crippen LogP contribution in [0.25, 0.3) is 0 Å². The van der Waals surface area contributed by atoms with Crippen molar-refractivity contribution < 1.29 is 18.0 Å². The summed E-state index contributed by atoms with van der Waals surface area (Å²) in [7, 11) is 3.99. The molecule has 1 heterocycles. The normalized spacial score (nSPS) is 11.5. The first-order valence-corrected chi connectivity index (χ1v) is 8.09. The zero-order valence-corrected chi connectivity index (χ0v) is 14.6. The number of alkyl halides is 3. The van der Waals surface area contributed by atoms with E-state index in [-0.39, 0.29) is 11.4 Å². The average Bonchev–Trinajstić information content (AvgIpc) is 2.58. The summed E-state index contributed by atoms with van der Waals surface area (Å²) in [5.41, 5.74) is 0.450. The summed E-state index contributed by atoms with van der Waals surface area (Å²) >= 11 is 0. The number of pyridine rings is 1. The van der Waals surface area contributed by atoms with Crippen LogP contribution in [0.15, 0.2) is 42.6 Å². The lowest BCUT2D eigenvalue weighted by Gasteiger charge is -2.11. The van der Waals surface area contributed by atoms with Gasteiger partial charge in [-0.25, -0.2) is 0 Å². The first kappa shape index (κ1) is 19.7. The minimum atomic E-state index is -4.41. The first-order chi connectivity index (χ1) is 12.3. The summed E-state index contributed by atoms with van der Waals surface area (Å²) < 4.78 is 37.7. The third-order valence-corrected chi connectivity index (χ3v) is 3.57. The number of amides is 1. The Kier molecular flexibility index (Phi) is 6.57. The highest BCUT2D eigenvalue weighted by atomic mass is 19.4. The van der Waals surface area contributed by atoms with Crippen molar-refractivity contribution in [1.29, 1.82) is 0 Å². The number of hydrogen-bond donors (Lipinski definition) is 2. The number of nitrogens with one attached hydrogen (secondary N) is 2. The molecule has 2 N–H and O–H groups in total. The van der Waals surface area contributed by atoms with E-state index in [0.717, 1.165) is 37.3 Å². The monoisotopic (exact) mass is 366 g/mol. The lowest BCUT2D eigenvalue weighted by atomic mass is 10.2. The fourth-order valence-corrected chi connectivity index (χ4v) is 2.23. The molecule has 0 unspecified atom stereocenters. The van der Waals surface area contributed by atoms with Crippen LogP contribution in [0.5, 0.6) is 0 Å². The Morgan fingerprint density at radius 1 is 1.12 bits per heavy atom. The summed E-state index contributed by atoms with van der Waals surface area (Å²) in [4.78, 5) is 18.3. The van der Waals surface area contributed by atoms with E-state index in [0.29, 0.717) is 0 Å². The zero-order valence-electron chi connectivity index (χ0n) is 14.6. The van der Waals surface area contributed by atoms with Crippen molar-refractivity contribution in [2.75, 3.05) is 37.8 Å². The number of nitrogens with zero attached hydrogens (tertiary/aromatic N) is 2. The van der Waals surface area contributed by atoms with Gasteiger partial charge >= 0.3 is 6.18 Å². The standard InChI is InChI=1S/C18H21F3N4O/c1-25(2)11-3-9-22-15-8-10-23-16(12-15)17(26)24-14-6-4-13(5-7-14)18(19,20)21/h4-8,10,12H,3,9,11H2,1-2H3,(H,22,23)(H,24,26). The number of carbonyl (C=O) groups excluding carboxylic acids is 1. The van der Waals surface area contributed by atoms with Gasteiger partial charge in [0.1, 0.15) is 5.69 Å². The highest BCUT2D eigenvalue weighted by Crippen LogP contribution is 2.29. The zero-order chi connectivity index (χ0) is 19.2. The molecule has 140 valence electrons. The number of rotatable bonds is 7. The van der Waals surface area contributed by atoms with Crippen LogP contribution in [-0.2, 0) is 6.18 Å². The van der Waals surface area contributed by atoms with Gasteiger partial charge in [0, 0.05) is 24.1 Å². The average molecular weight is 366 g/mol. The molecule has 5 nitrogen and oxygen atoms in total. The number of benzene rings is 1. The van der Waals surface area contributed by atoms with Crippen LogP contribution in [-0.4, -0.2) is 43.0 Å². The van der Waals surface area contributed by atoms with E-state index in [1.165, 1.54) is 18.3 Å². The van der Waals surface area contributed by atoms with Crippen LogP contribution in [0.1, 0.15) is 22.5 Å². The minimum absolute atomic E-state index is 0.183. The highest BCUT2D eigenvalue weighted by Gasteiger charge is 2.30. The van der Waals surface area contributed by atoms with Crippen molar-refractivity contribution in [3.05, 3.63) is 53.9 Å². The Morgan fingerprint density at radius 2 is 1.81 bits per heavy atom. The predicted molar refractivity (Wildman–Crippen MR) is 95.3 cm³/mol. The molecular formula is C18H21F3N4O. The van der Waals surface area contributed by atoms with E-state index < -0.39 is 17.6 Å². The van der Waals surface area contributed by atoms with Gasteiger partial charge in [0.05, 0.1) is 5.56 Å². The molecule has 8 heteroatoms. The Hall–Kier alpha value is -2.61. The molecule has 0 aliphatic carbocycles. The van der Waals surface area contributed by atoms with Crippen molar-refractivity contribution in [2.45, 2.75) is 12.6 Å². The molecule has 1 amide bonds. The molecule has 0 saturated heterocycles. The summed E-state index contributed by atoms with van der Waals surface area (Å²) in [6.07, 6.45) is -1.95. The quantitative estimate of drug-likeness (QED) is 0.734. The number of halogens is 3. The smallest absolute Gasteiger partial charge is 0.385 e. The second kappa shape index (κ2) is 8.66. The topological polar surface area (TPSA) is 57.3 Å². The molecule has 0 aliphatic heterocycles.